The molecule has 33 heavy (non-hydrogen) atoms. The summed E-state index contributed by atoms with van der Waals surface area (Å²) >= 11 is 0. The van der Waals surface area contributed by atoms with E-state index in [-0.39, 0.29) is 17.9 Å². The van der Waals surface area contributed by atoms with E-state index in [2.05, 4.69) is 27.2 Å². The maximum absolute atomic E-state index is 13.2. The minimum atomic E-state index is -0.196. The van der Waals surface area contributed by atoms with Gasteiger partial charge in [0, 0.05) is 49.1 Å². The van der Waals surface area contributed by atoms with E-state index in [4.69, 9.17) is 15.4 Å². The van der Waals surface area contributed by atoms with E-state index in [1.54, 1.807) is 18.3 Å². The minimum Gasteiger partial charge on any atom is -0.272 e. The van der Waals surface area contributed by atoms with Crippen LogP contribution in [-0.2, 0) is 16.2 Å². The number of amides is 1. The number of carbonyl (C=O) groups is 1. The van der Waals surface area contributed by atoms with Crippen LogP contribution in [0, 0.1) is 34.5 Å². The van der Waals surface area contributed by atoms with Crippen molar-refractivity contribution in [3.63, 3.8) is 0 Å². The molecule has 9 heteroatoms. The van der Waals surface area contributed by atoms with E-state index in [9.17, 15) is 4.79 Å². The molecule has 2 fully saturated rings. The summed E-state index contributed by atoms with van der Waals surface area (Å²) in [6, 6.07) is 7.60. The van der Waals surface area contributed by atoms with Gasteiger partial charge in [-0.2, -0.15) is 15.6 Å². The third-order valence-electron chi connectivity index (χ3n) is 6.57. The summed E-state index contributed by atoms with van der Waals surface area (Å²) in [4.78, 5) is 27.3. The number of pyridine rings is 2. The fraction of sp³-hybridized carbons (Fsp3) is 0.417. The lowest BCUT2D eigenvalue weighted by Gasteiger charge is -2.31. The van der Waals surface area contributed by atoms with E-state index in [1.165, 1.54) is 17.5 Å². The van der Waals surface area contributed by atoms with E-state index in [0.29, 0.717) is 35.7 Å². The molecule has 0 aromatic carbocycles. The second-order valence-corrected chi connectivity index (χ2v) is 8.74. The van der Waals surface area contributed by atoms with Gasteiger partial charge in [-0.1, -0.05) is 0 Å². The Bertz CT molecular complexity index is 1260. The third-order valence-corrected chi connectivity index (χ3v) is 6.57. The second-order valence-electron chi connectivity index (χ2n) is 8.74. The standard InChI is InChI=1S/C24H23N7O2/c25-9-17-7-20(13-27-11-17)22-5-6-33-31(22)24(32)19-3-1-16(2-4-19)14-30-15-21-8-18(10-26)12-28-23(21)29-30/h7-8,11-13,15-16,19,22H,1-6,14H2/t16-,19-,22-/m0/s1. The molecule has 3 aromatic rings. The summed E-state index contributed by atoms with van der Waals surface area (Å²) < 4.78 is 1.90. The average Bonchev–Trinajstić information content (AvgIpc) is 3.50. The van der Waals surface area contributed by atoms with Gasteiger partial charge in [-0.05, 0) is 49.3 Å². The first-order chi connectivity index (χ1) is 16.1. The maximum Gasteiger partial charge on any atom is 0.249 e. The quantitative estimate of drug-likeness (QED) is 0.609. The summed E-state index contributed by atoms with van der Waals surface area (Å²) in [5, 5.41) is 25.1. The molecule has 1 saturated carbocycles. The number of hydrogen-bond donors (Lipinski definition) is 0. The molecule has 0 radical (unpaired) electrons. The first-order valence-corrected chi connectivity index (χ1v) is 11.2. The van der Waals surface area contributed by atoms with Gasteiger partial charge in [0.05, 0.1) is 23.8 Å². The average molecular weight is 441 g/mol. The Labute approximate surface area is 191 Å². The number of aromatic nitrogens is 4. The smallest absolute Gasteiger partial charge is 0.249 e. The minimum absolute atomic E-state index is 0.0244. The number of hydroxylamine groups is 2. The highest BCUT2D eigenvalue weighted by molar-refractivity contribution is 5.78. The van der Waals surface area contributed by atoms with Crippen LogP contribution in [0.5, 0.6) is 0 Å². The predicted molar refractivity (Wildman–Crippen MR) is 117 cm³/mol. The predicted octanol–water partition coefficient (Wildman–Crippen LogP) is 3.28. The van der Waals surface area contributed by atoms with Crippen molar-refractivity contribution in [2.75, 3.05) is 6.61 Å². The molecule has 9 nitrogen and oxygen atoms in total. The number of rotatable bonds is 4. The van der Waals surface area contributed by atoms with Crippen molar-refractivity contribution in [3.05, 3.63) is 53.6 Å². The number of hydrogen-bond acceptors (Lipinski definition) is 7. The Morgan fingerprint density at radius 3 is 2.64 bits per heavy atom. The lowest BCUT2D eigenvalue weighted by molar-refractivity contribution is -0.183. The number of carbonyl (C=O) groups excluding carboxylic acids is 1. The van der Waals surface area contributed by atoms with Crippen molar-refractivity contribution >= 4 is 16.9 Å². The molecule has 1 amide bonds. The van der Waals surface area contributed by atoms with E-state index in [1.807, 2.05) is 10.9 Å². The Balaban J connectivity index is 1.20. The molecular formula is C24H23N7O2. The van der Waals surface area contributed by atoms with Gasteiger partial charge in [-0.15, -0.1) is 0 Å². The van der Waals surface area contributed by atoms with Gasteiger partial charge in [-0.25, -0.2) is 10.0 Å². The molecule has 0 bridgehead atoms. The number of nitriles is 2. The molecule has 3 aromatic heterocycles. The van der Waals surface area contributed by atoms with E-state index in [0.717, 1.165) is 43.2 Å². The topological polar surface area (TPSA) is 121 Å². The molecule has 2 aliphatic rings. The monoisotopic (exact) mass is 441 g/mol. The van der Waals surface area contributed by atoms with Crippen LogP contribution in [0.15, 0.2) is 36.9 Å². The molecule has 1 atom stereocenters. The van der Waals surface area contributed by atoms with Crippen molar-refractivity contribution in [2.45, 2.75) is 44.7 Å². The zero-order valence-electron chi connectivity index (χ0n) is 18.1. The van der Waals surface area contributed by atoms with Crippen LogP contribution in [0.1, 0.15) is 54.8 Å². The molecular weight excluding hydrogens is 418 g/mol. The highest BCUT2D eigenvalue weighted by Crippen LogP contribution is 2.36. The Kier molecular flexibility index (Phi) is 5.72. The van der Waals surface area contributed by atoms with Crippen molar-refractivity contribution in [2.24, 2.45) is 11.8 Å². The fourth-order valence-corrected chi connectivity index (χ4v) is 4.85. The Morgan fingerprint density at radius 1 is 1.06 bits per heavy atom. The lowest BCUT2D eigenvalue weighted by Crippen LogP contribution is -2.37. The Hall–Kier alpha value is -3.82. The second kappa shape index (κ2) is 8.97. The highest BCUT2D eigenvalue weighted by atomic mass is 16.7. The summed E-state index contributed by atoms with van der Waals surface area (Å²) in [5.74, 6) is 0.396. The van der Waals surface area contributed by atoms with Gasteiger partial charge in [0.15, 0.2) is 5.65 Å². The summed E-state index contributed by atoms with van der Waals surface area (Å²) in [5.41, 5.74) is 2.49. The van der Waals surface area contributed by atoms with Crippen LogP contribution in [0.25, 0.3) is 11.0 Å². The van der Waals surface area contributed by atoms with Crippen LogP contribution in [-0.4, -0.2) is 37.3 Å². The zero-order chi connectivity index (χ0) is 22.8. The van der Waals surface area contributed by atoms with Crippen LogP contribution in [0.3, 0.4) is 0 Å². The number of fused-ring (bicyclic) bond motifs is 1. The van der Waals surface area contributed by atoms with Crippen molar-refractivity contribution in [3.8, 4) is 12.1 Å². The van der Waals surface area contributed by atoms with Gasteiger partial charge in [-0.3, -0.25) is 19.3 Å². The lowest BCUT2D eigenvalue weighted by atomic mass is 9.81. The van der Waals surface area contributed by atoms with Gasteiger partial charge in [0.25, 0.3) is 0 Å². The summed E-state index contributed by atoms with van der Waals surface area (Å²) in [6.07, 6.45) is 10.9. The SMILES string of the molecule is N#Cc1cncc([C@@H]2CCON2C(=O)[C@H]2CC[C@H](Cn3cc4cc(C#N)cnc4n3)CC2)c1. The fourth-order valence-electron chi connectivity index (χ4n) is 4.85. The van der Waals surface area contributed by atoms with Crippen LogP contribution in [0.2, 0.25) is 0 Å². The molecule has 0 unspecified atom stereocenters. The molecule has 4 heterocycles. The molecule has 0 spiro atoms. The van der Waals surface area contributed by atoms with Gasteiger partial charge < -0.3 is 0 Å². The van der Waals surface area contributed by atoms with Gasteiger partial charge in [0.2, 0.25) is 5.91 Å². The van der Waals surface area contributed by atoms with Crippen LogP contribution in [0.4, 0.5) is 0 Å². The van der Waals surface area contributed by atoms with Crippen LogP contribution < -0.4 is 0 Å². The van der Waals surface area contributed by atoms with Gasteiger partial charge in [0.1, 0.15) is 12.1 Å². The Morgan fingerprint density at radius 2 is 1.85 bits per heavy atom. The van der Waals surface area contributed by atoms with E-state index >= 15 is 0 Å². The van der Waals surface area contributed by atoms with Crippen molar-refractivity contribution < 1.29 is 9.63 Å². The van der Waals surface area contributed by atoms with Crippen LogP contribution >= 0.6 is 0 Å². The van der Waals surface area contributed by atoms with Gasteiger partial charge >= 0.3 is 0 Å². The molecule has 5 rings (SSSR count). The van der Waals surface area contributed by atoms with E-state index < -0.39 is 0 Å². The highest BCUT2D eigenvalue weighted by Gasteiger charge is 2.37. The van der Waals surface area contributed by atoms with Crippen molar-refractivity contribution in [1.82, 2.24) is 24.8 Å². The molecule has 1 aliphatic carbocycles. The first kappa shape index (κ1) is 21.0. The summed E-state index contributed by atoms with van der Waals surface area (Å²) in [6.45, 7) is 1.26. The third kappa shape index (κ3) is 4.28. The summed E-state index contributed by atoms with van der Waals surface area (Å²) in [7, 11) is 0. The number of nitrogens with zero attached hydrogens (tertiary/aromatic N) is 7. The first-order valence-electron chi connectivity index (χ1n) is 11.2. The molecule has 1 saturated heterocycles. The zero-order valence-corrected chi connectivity index (χ0v) is 18.1. The molecule has 1 aliphatic heterocycles. The largest absolute Gasteiger partial charge is 0.272 e. The van der Waals surface area contributed by atoms with Crippen molar-refractivity contribution in [1.29, 1.82) is 10.5 Å². The molecule has 0 N–H and O–H groups in total. The maximum atomic E-state index is 13.2. The normalized spacial score (nSPS) is 22.7. The molecule has 166 valence electrons.